The highest BCUT2D eigenvalue weighted by molar-refractivity contribution is 7.15. The zero-order valence-electron chi connectivity index (χ0n) is 17.4. The summed E-state index contributed by atoms with van der Waals surface area (Å²) in [4.78, 5) is 37.3. The van der Waals surface area contributed by atoms with Gasteiger partial charge in [-0.3, -0.25) is 19.7 Å². The van der Waals surface area contributed by atoms with E-state index >= 15 is 0 Å². The highest BCUT2D eigenvalue weighted by Gasteiger charge is 2.34. The number of para-hydroxylation sites is 1. The van der Waals surface area contributed by atoms with Crippen molar-refractivity contribution in [1.29, 1.82) is 0 Å². The number of nitrogens with one attached hydrogen (secondary N) is 1. The van der Waals surface area contributed by atoms with Crippen molar-refractivity contribution in [2.45, 2.75) is 32.1 Å². The van der Waals surface area contributed by atoms with E-state index in [4.69, 9.17) is 0 Å². The Morgan fingerprint density at radius 3 is 2.69 bits per heavy atom. The summed E-state index contributed by atoms with van der Waals surface area (Å²) in [6, 6.07) is 14.1. The maximum absolute atomic E-state index is 12.5. The minimum atomic E-state index is -0.510. The van der Waals surface area contributed by atoms with Gasteiger partial charge >= 0.3 is 0 Å². The molecule has 3 aromatic rings. The van der Waals surface area contributed by atoms with Crippen LogP contribution in [0.25, 0.3) is 0 Å². The van der Waals surface area contributed by atoms with E-state index in [0.29, 0.717) is 28.7 Å². The number of rotatable bonds is 7. The molecule has 0 spiro atoms. The number of benzene rings is 2. The Bertz CT molecular complexity index is 1160. The average molecular weight is 452 g/mol. The second kappa shape index (κ2) is 9.23. The molecular formula is C22H21N5O4S. The number of hydrogen-bond acceptors (Lipinski definition) is 7. The van der Waals surface area contributed by atoms with Crippen molar-refractivity contribution in [2.24, 2.45) is 0 Å². The van der Waals surface area contributed by atoms with E-state index < -0.39 is 10.8 Å². The largest absolute Gasteiger partial charge is 0.312 e. The third-order valence-electron chi connectivity index (χ3n) is 5.36. The number of nitrogens with zero attached hydrogens (tertiary/aromatic N) is 4. The molecule has 0 bridgehead atoms. The third-order valence-corrected chi connectivity index (χ3v) is 6.36. The summed E-state index contributed by atoms with van der Waals surface area (Å²) in [5.41, 5.74) is 2.29. The topological polar surface area (TPSA) is 118 Å². The maximum atomic E-state index is 12.5. The van der Waals surface area contributed by atoms with Crippen molar-refractivity contribution >= 4 is 39.7 Å². The molecule has 1 saturated heterocycles. The van der Waals surface area contributed by atoms with Crippen molar-refractivity contribution in [3.8, 4) is 0 Å². The van der Waals surface area contributed by atoms with Gasteiger partial charge in [-0.2, -0.15) is 0 Å². The Balaban J connectivity index is 1.40. The first-order chi connectivity index (χ1) is 15.4. The molecule has 4 rings (SSSR count). The van der Waals surface area contributed by atoms with Gasteiger partial charge in [-0.15, -0.1) is 10.2 Å². The quantitative estimate of drug-likeness (QED) is 0.432. The lowest BCUT2D eigenvalue weighted by molar-refractivity contribution is -0.385. The number of nitro benzene ring substituents is 1. The summed E-state index contributed by atoms with van der Waals surface area (Å²) in [7, 11) is 0. The molecule has 1 unspecified atom stereocenters. The number of aromatic nitrogens is 2. The molecule has 2 aromatic carbocycles. The molecule has 2 heterocycles. The van der Waals surface area contributed by atoms with Crippen LogP contribution in [0.3, 0.4) is 0 Å². The molecule has 1 atom stereocenters. The first-order valence-electron chi connectivity index (χ1n) is 10.2. The van der Waals surface area contributed by atoms with Crippen LogP contribution in [0.1, 0.15) is 35.4 Å². The zero-order valence-corrected chi connectivity index (χ0v) is 18.2. The van der Waals surface area contributed by atoms with Crippen LogP contribution in [0.5, 0.6) is 0 Å². The molecule has 32 heavy (non-hydrogen) atoms. The fraction of sp³-hybridized carbons (Fsp3) is 0.273. The van der Waals surface area contributed by atoms with Crippen LogP contribution in [0.2, 0.25) is 0 Å². The Kier molecular flexibility index (Phi) is 6.22. The Morgan fingerprint density at radius 2 is 1.97 bits per heavy atom. The van der Waals surface area contributed by atoms with E-state index in [1.165, 1.54) is 23.0 Å². The lowest BCUT2D eigenvalue weighted by Gasteiger charge is -2.16. The van der Waals surface area contributed by atoms with Crippen LogP contribution >= 0.6 is 11.3 Å². The molecule has 1 aliphatic heterocycles. The SMILES string of the molecule is CCc1ccc(N2CC(c3nnc(NC(=O)Cc4ccccc4[N+](=O)[O-])s3)CC2=O)cc1. The van der Waals surface area contributed by atoms with E-state index in [1.54, 1.807) is 23.1 Å². The molecule has 0 radical (unpaired) electrons. The van der Waals surface area contributed by atoms with Crippen molar-refractivity contribution < 1.29 is 14.5 Å². The summed E-state index contributed by atoms with van der Waals surface area (Å²) >= 11 is 1.22. The summed E-state index contributed by atoms with van der Waals surface area (Å²) in [5.74, 6) is -0.495. The van der Waals surface area contributed by atoms with Crippen LogP contribution in [-0.2, 0) is 22.4 Å². The van der Waals surface area contributed by atoms with Gasteiger partial charge in [0.2, 0.25) is 16.9 Å². The molecule has 10 heteroatoms. The standard InChI is InChI=1S/C22H21N5O4S/c1-2-14-7-9-17(10-8-14)26-13-16(12-20(26)29)21-24-25-22(32-21)23-19(28)11-15-5-3-4-6-18(15)27(30)31/h3-10,16H,2,11-13H2,1H3,(H,23,25,28). The minimum absolute atomic E-state index is 0.0245. The second-order valence-electron chi connectivity index (χ2n) is 7.48. The van der Waals surface area contributed by atoms with E-state index in [0.717, 1.165) is 12.1 Å². The van der Waals surface area contributed by atoms with E-state index in [-0.39, 0.29) is 23.9 Å². The van der Waals surface area contributed by atoms with Gasteiger partial charge < -0.3 is 10.2 Å². The number of carbonyl (C=O) groups excluding carboxylic acids is 2. The smallest absolute Gasteiger partial charge is 0.273 e. The zero-order chi connectivity index (χ0) is 22.7. The summed E-state index contributed by atoms with van der Waals surface area (Å²) < 4.78 is 0. The van der Waals surface area contributed by atoms with Crippen molar-refractivity contribution in [3.63, 3.8) is 0 Å². The van der Waals surface area contributed by atoms with Crippen molar-refractivity contribution in [3.05, 3.63) is 74.8 Å². The fourth-order valence-electron chi connectivity index (χ4n) is 3.66. The molecule has 0 saturated carbocycles. The molecule has 9 nitrogen and oxygen atoms in total. The molecule has 1 N–H and O–H groups in total. The van der Waals surface area contributed by atoms with Crippen LogP contribution in [0, 0.1) is 10.1 Å². The molecule has 164 valence electrons. The van der Waals surface area contributed by atoms with Gasteiger partial charge in [-0.05, 0) is 24.1 Å². The number of aryl methyl sites for hydroxylation is 1. The lowest BCUT2D eigenvalue weighted by atomic mass is 10.1. The summed E-state index contributed by atoms with van der Waals surface area (Å²) in [6.45, 7) is 2.59. The predicted octanol–water partition coefficient (Wildman–Crippen LogP) is 3.71. The number of anilines is 2. The van der Waals surface area contributed by atoms with Gasteiger partial charge in [0.15, 0.2) is 0 Å². The van der Waals surface area contributed by atoms with E-state index in [2.05, 4.69) is 22.4 Å². The van der Waals surface area contributed by atoms with Gasteiger partial charge in [-0.1, -0.05) is 48.6 Å². The molecule has 2 amide bonds. The molecular weight excluding hydrogens is 430 g/mol. The predicted molar refractivity (Wildman–Crippen MR) is 121 cm³/mol. The summed E-state index contributed by atoms with van der Waals surface area (Å²) in [5, 5.41) is 22.9. The average Bonchev–Trinajstić information content (AvgIpc) is 3.40. The lowest BCUT2D eigenvalue weighted by Crippen LogP contribution is -2.24. The Labute approximate surface area is 188 Å². The highest BCUT2D eigenvalue weighted by atomic mass is 32.1. The number of nitro groups is 1. The van der Waals surface area contributed by atoms with Gasteiger partial charge in [0.05, 0.1) is 11.3 Å². The maximum Gasteiger partial charge on any atom is 0.273 e. The van der Waals surface area contributed by atoms with Crippen LogP contribution < -0.4 is 10.2 Å². The van der Waals surface area contributed by atoms with Gasteiger partial charge in [-0.25, -0.2) is 0 Å². The fourth-order valence-corrected chi connectivity index (χ4v) is 4.51. The van der Waals surface area contributed by atoms with Crippen molar-refractivity contribution in [1.82, 2.24) is 10.2 Å². The number of amides is 2. The Morgan fingerprint density at radius 1 is 1.22 bits per heavy atom. The van der Waals surface area contributed by atoms with Crippen LogP contribution in [0.4, 0.5) is 16.5 Å². The molecule has 0 aliphatic carbocycles. The first-order valence-corrected chi connectivity index (χ1v) is 11.0. The number of hydrogen-bond donors (Lipinski definition) is 1. The van der Waals surface area contributed by atoms with Crippen molar-refractivity contribution in [2.75, 3.05) is 16.8 Å². The third kappa shape index (κ3) is 4.65. The monoisotopic (exact) mass is 451 g/mol. The Hall–Kier alpha value is -3.66. The van der Waals surface area contributed by atoms with Crippen LogP contribution in [0.15, 0.2) is 48.5 Å². The van der Waals surface area contributed by atoms with Gasteiger partial charge in [0.1, 0.15) is 5.01 Å². The summed E-state index contributed by atoms with van der Waals surface area (Å²) in [6.07, 6.45) is 1.12. The first kappa shape index (κ1) is 21.6. The van der Waals surface area contributed by atoms with Gasteiger partial charge in [0.25, 0.3) is 5.69 Å². The molecule has 1 aromatic heterocycles. The second-order valence-corrected chi connectivity index (χ2v) is 8.49. The van der Waals surface area contributed by atoms with E-state index in [9.17, 15) is 19.7 Å². The van der Waals surface area contributed by atoms with Gasteiger partial charge in [0, 0.05) is 36.2 Å². The van der Waals surface area contributed by atoms with Crippen LogP contribution in [-0.4, -0.2) is 33.5 Å². The normalized spacial score (nSPS) is 15.7. The number of carbonyl (C=O) groups is 2. The molecule has 1 fully saturated rings. The molecule has 1 aliphatic rings. The highest BCUT2D eigenvalue weighted by Crippen LogP contribution is 2.34. The minimum Gasteiger partial charge on any atom is -0.312 e. The van der Waals surface area contributed by atoms with E-state index in [1.807, 2.05) is 24.3 Å².